The van der Waals surface area contributed by atoms with E-state index in [2.05, 4.69) is 11.9 Å². The summed E-state index contributed by atoms with van der Waals surface area (Å²) < 4.78 is 38.1. The van der Waals surface area contributed by atoms with Crippen LogP contribution in [0.3, 0.4) is 0 Å². The van der Waals surface area contributed by atoms with Crippen LogP contribution in [0.25, 0.3) is 0 Å². The van der Waals surface area contributed by atoms with E-state index in [0.29, 0.717) is 17.0 Å². The van der Waals surface area contributed by atoms with Crippen LogP contribution in [-0.2, 0) is 17.4 Å². The molecule has 24 heavy (non-hydrogen) atoms. The summed E-state index contributed by atoms with van der Waals surface area (Å²) in [7, 11) is 0. The van der Waals surface area contributed by atoms with Crippen LogP contribution in [0.15, 0.2) is 66.1 Å². The molecule has 0 fully saturated rings. The number of carbonyl (C=O) groups is 1. The SMILES string of the molecule is C=CCSc1ccccc1NC(=O)Cc1cccc(C(F)(F)F)c1. The van der Waals surface area contributed by atoms with Crippen molar-refractivity contribution in [1.82, 2.24) is 0 Å². The molecule has 1 amide bonds. The molecule has 2 rings (SSSR count). The second-order valence-corrected chi connectivity index (χ2v) is 6.08. The largest absolute Gasteiger partial charge is 0.416 e. The molecule has 2 aromatic rings. The number of para-hydroxylation sites is 1. The Bertz CT molecular complexity index is 728. The highest BCUT2D eigenvalue weighted by molar-refractivity contribution is 7.99. The number of carbonyl (C=O) groups excluding carboxylic acids is 1. The van der Waals surface area contributed by atoms with E-state index in [4.69, 9.17) is 0 Å². The molecule has 0 atom stereocenters. The Morgan fingerprint density at radius 1 is 1.17 bits per heavy atom. The number of hydrogen-bond acceptors (Lipinski definition) is 2. The van der Waals surface area contributed by atoms with E-state index in [1.165, 1.54) is 23.9 Å². The average molecular weight is 351 g/mol. The van der Waals surface area contributed by atoms with Crippen molar-refractivity contribution in [3.8, 4) is 0 Å². The van der Waals surface area contributed by atoms with E-state index in [1.807, 2.05) is 12.1 Å². The molecule has 126 valence electrons. The average Bonchev–Trinajstić information content (AvgIpc) is 2.53. The maximum absolute atomic E-state index is 12.7. The minimum Gasteiger partial charge on any atom is -0.325 e. The number of nitrogens with one attached hydrogen (secondary N) is 1. The predicted molar refractivity (Wildman–Crippen MR) is 91.1 cm³/mol. The molecule has 0 unspecified atom stereocenters. The van der Waals surface area contributed by atoms with Crippen LogP contribution in [0.4, 0.5) is 18.9 Å². The molecular formula is C18H16F3NOS. The number of hydrogen-bond donors (Lipinski definition) is 1. The molecule has 0 aliphatic carbocycles. The van der Waals surface area contributed by atoms with Gasteiger partial charge in [0, 0.05) is 10.6 Å². The van der Waals surface area contributed by atoms with Gasteiger partial charge in [0.25, 0.3) is 0 Å². The first-order valence-electron chi connectivity index (χ1n) is 7.19. The first-order valence-corrected chi connectivity index (χ1v) is 8.17. The van der Waals surface area contributed by atoms with Crippen molar-refractivity contribution >= 4 is 23.4 Å². The topological polar surface area (TPSA) is 29.1 Å². The lowest BCUT2D eigenvalue weighted by Gasteiger charge is -2.11. The summed E-state index contributed by atoms with van der Waals surface area (Å²) in [6.45, 7) is 3.65. The zero-order valence-corrected chi connectivity index (χ0v) is 13.6. The Kier molecular flexibility index (Phi) is 6.09. The smallest absolute Gasteiger partial charge is 0.325 e. The fraction of sp³-hybridized carbons (Fsp3) is 0.167. The van der Waals surface area contributed by atoms with Crippen LogP contribution in [-0.4, -0.2) is 11.7 Å². The van der Waals surface area contributed by atoms with Gasteiger partial charge in [-0.15, -0.1) is 18.3 Å². The maximum atomic E-state index is 12.7. The molecule has 0 aliphatic rings. The van der Waals surface area contributed by atoms with Crippen LogP contribution in [0.2, 0.25) is 0 Å². The van der Waals surface area contributed by atoms with E-state index in [9.17, 15) is 18.0 Å². The van der Waals surface area contributed by atoms with E-state index in [-0.39, 0.29) is 12.3 Å². The van der Waals surface area contributed by atoms with Crippen LogP contribution in [0, 0.1) is 0 Å². The Labute approximate surface area is 142 Å². The third-order valence-electron chi connectivity index (χ3n) is 3.14. The molecule has 0 saturated heterocycles. The third-order valence-corrected chi connectivity index (χ3v) is 4.21. The standard InChI is InChI=1S/C18H16F3NOS/c1-2-10-24-16-9-4-3-8-15(16)22-17(23)12-13-6-5-7-14(11-13)18(19,20)21/h2-9,11H,1,10,12H2,(H,22,23). The van der Waals surface area contributed by atoms with Crippen LogP contribution >= 0.6 is 11.8 Å². The lowest BCUT2D eigenvalue weighted by molar-refractivity contribution is -0.137. The fourth-order valence-corrected chi connectivity index (χ4v) is 2.83. The molecular weight excluding hydrogens is 335 g/mol. The summed E-state index contributed by atoms with van der Waals surface area (Å²) in [5.74, 6) is 0.335. The van der Waals surface area contributed by atoms with Crippen molar-refractivity contribution in [3.63, 3.8) is 0 Å². The molecule has 1 N–H and O–H groups in total. The molecule has 0 saturated carbocycles. The highest BCUT2D eigenvalue weighted by Crippen LogP contribution is 2.30. The second-order valence-electron chi connectivity index (χ2n) is 5.02. The van der Waals surface area contributed by atoms with E-state index >= 15 is 0 Å². The number of rotatable bonds is 6. The van der Waals surface area contributed by atoms with Gasteiger partial charge < -0.3 is 5.32 Å². The predicted octanol–water partition coefficient (Wildman–Crippen LogP) is 5.16. The fourth-order valence-electron chi connectivity index (χ4n) is 2.08. The normalized spacial score (nSPS) is 11.1. The Hall–Kier alpha value is -2.21. The first-order chi connectivity index (χ1) is 11.4. The molecule has 0 bridgehead atoms. The van der Waals surface area contributed by atoms with Crippen molar-refractivity contribution in [1.29, 1.82) is 0 Å². The summed E-state index contributed by atoms with van der Waals surface area (Å²) in [5.41, 5.74) is 0.203. The number of amides is 1. The molecule has 0 aliphatic heterocycles. The molecule has 0 radical (unpaired) electrons. The van der Waals surface area contributed by atoms with Crippen molar-refractivity contribution in [2.24, 2.45) is 0 Å². The summed E-state index contributed by atoms with van der Waals surface area (Å²) in [4.78, 5) is 13.0. The molecule has 0 spiro atoms. The lowest BCUT2D eigenvalue weighted by atomic mass is 10.1. The van der Waals surface area contributed by atoms with Crippen molar-refractivity contribution in [3.05, 3.63) is 72.3 Å². The van der Waals surface area contributed by atoms with Crippen molar-refractivity contribution in [2.75, 3.05) is 11.1 Å². The highest BCUT2D eigenvalue weighted by atomic mass is 32.2. The van der Waals surface area contributed by atoms with Gasteiger partial charge in [-0.1, -0.05) is 36.4 Å². The first kappa shape index (κ1) is 18.1. The zero-order chi connectivity index (χ0) is 17.6. The third kappa shape index (κ3) is 5.16. The highest BCUT2D eigenvalue weighted by Gasteiger charge is 2.30. The van der Waals surface area contributed by atoms with Crippen LogP contribution in [0.5, 0.6) is 0 Å². The van der Waals surface area contributed by atoms with Gasteiger partial charge >= 0.3 is 6.18 Å². The molecule has 6 heteroatoms. The van der Waals surface area contributed by atoms with Gasteiger partial charge in [0.2, 0.25) is 5.91 Å². The summed E-state index contributed by atoms with van der Waals surface area (Å²) in [5, 5.41) is 2.75. The van der Waals surface area contributed by atoms with Gasteiger partial charge in [-0.25, -0.2) is 0 Å². The lowest BCUT2D eigenvalue weighted by Crippen LogP contribution is -2.15. The monoisotopic (exact) mass is 351 g/mol. The quantitative estimate of drug-likeness (QED) is 0.575. The number of thioether (sulfide) groups is 1. The Balaban J connectivity index is 2.08. The van der Waals surface area contributed by atoms with Gasteiger partial charge in [0.1, 0.15) is 0 Å². The number of alkyl halides is 3. The molecule has 0 aromatic heterocycles. The van der Waals surface area contributed by atoms with Gasteiger partial charge in [-0.3, -0.25) is 4.79 Å². The van der Waals surface area contributed by atoms with Crippen molar-refractivity contribution in [2.45, 2.75) is 17.5 Å². The molecule has 0 heterocycles. The number of benzene rings is 2. The molecule has 2 aromatic carbocycles. The Morgan fingerprint density at radius 3 is 2.62 bits per heavy atom. The van der Waals surface area contributed by atoms with Crippen LogP contribution < -0.4 is 5.32 Å². The maximum Gasteiger partial charge on any atom is 0.416 e. The van der Waals surface area contributed by atoms with Crippen LogP contribution in [0.1, 0.15) is 11.1 Å². The molecule has 2 nitrogen and oxygen atoms in total. The second kappa shape index (κ2) is 8.06. The van der Waals surface area contributed by atoms with E-state index in [0.717, 1.165) is 17.0 Å². The number of anilines is 1. The van der Waals surface area contributed by atoms with E-state index in [1.54, 1.807) is 18.2 Å². The summed E-state index contributed by atoms with van der Waals surface area (Å²) in [6.07, 6.45) is -2.78. The van der Waals surface area contributed by atoms with Gasteiger partial charge in [-0.05, 0) is 23.8 Å². The summed E-state index contributed by atoms with van der Waals surface area (Å²) in [6, 6.07) is 12.1. The minimum atomic E-state index is -4.42. The number of halogens is 3. The summed E-state index contributed by atoms with van der Waals surface area (Å²) >= 11 is 1.52. The minimum absolute atomic E-state index is 0.121. The zero-order valence-electron chi connectivity index (χ0n) is 12.8. The van der Waals surface area contributed by atoms with Gasteiger partial charge in [0.05, 0.1) is 17.7 Å². The Morgan fingerprint density at radius 2 is 1.92 bits per heavy atom. The van der Waals surface area contributed by atoms with Gasteiger partial charge in [0.15, 0.2) is 0 Å². The van der Waals surface area contributed by atoms with Crippen molar-refractivity contribution < 1.29 is 18.0 Å². The van der Waals surface area contributed by atoms with E-state index < -0.39 is 11.7 Å². The van der Waals surface area contributed by atoms with Gasteiger partial charge in [-0.2, -0.15) is 13.2 Å².